The first-order valence-corrected chi connectivity index (χ1v) is 5.76. The summed E-state index contributed by atoms with van der Waals surface area (Å²) in [6, 6.07) is 10.9. The normalized spacial score (nSPS) is 10.3. The Morgan fingerprint density at radius 1 is 1.00 bits per heavy atom. The molecule has 5 nitrogen and oxygen atoms in total. The number of pyridine rings is 1. The summed E-state index contributed by atoms with van der Waals surface area (Å²) < 4.78 is 0. The molecule has 5 heteroatoms. The van der Waals surface area contributed by atoms with Gasteiger partial charge in [0.1, 0.15) is 5.69 Å². The molecule has 2 aromatic heterocycles. The van der Waals surface area contributed by atoms with Gasteiger partial charge in [0, 0.05) is 6.20 Å². The summed E-state index contributed by atoms with van der Waals surface area (Å²) >= 11 is 0. The third-order valence-electron chi connectivity index (χ3n) is 2.60. The maximum absolute atomic E-state index is 12.0. The number of amides is 1. The van der Waals surface area contributed by atoms with Crippen molar-refractivity contribution in [3.63, 3.8) is 0 Å². The Morgan fingerprint density at radius 2 is 1.84 bits per heavy atom. The Hall–Kier alpha value is -2.82. The lowest BCUT2D eigenvalue weighted by atomic mass is 10.3. The van der Waals surface area contributed by atoms with Gasteiger partial charge in [0.2, 0.25) is 0 Å². The summed E-state index contributed by atoms with van der Waals surface area (Å²) in [6.07, 6.45) is 4.69. The van der Waals surface area contributed by atoms with Crippen LogP contribution in [0.15, 0.2) is 55.0 Å². The molecule has 0 fully saturated rings. The zero-order valence-electron chi connectivity index (χ0n) is 9.95. The van der Waals surface area contributed by atoms with E-state index in [4.69, 9.17) is 0 Å². The number of anilines is 1. The van der Waals surface area contributed by atoms with Crippen molar-refractivity contribution in [1.29, 1.82) is 0 Å². The van der Waals surface area contributed by atoms with E-state index in [-0.39, 0.29) is 11.6 Å². The number of rotatable bonds is 2. The van der Waals surface area contributed by atoms with Crippen LogP contribution >= 0.6 is 0 Å². The quantitative estimate of drug-likeness (QED) is 0.757. The molecule has 0 aliphatic carbocycles. The first-order valence-electron chi connectivity index (χ1n) is 5.76. The van der Waals surface area contributed by atoms with Crippen LogP contribution in [0.3, 0.4) is 0 Å². The van der Waals surface area contributed by atoms with E-state index in [9.17, 15) is 4.79 Å². The second-order valence-corrected chi connectivity index (χ2v) is 3.94. The molecule has 19 heavy (non-hydrogen) atoms. The van der Waals surface area contributed by atoms with Crippen molar-refractivity contribution in [2.24, 2.45) is 0 Å². The van der Waals surface area contributed by atoms with Gasteiger partial charge in [-0.15, -0.1) is 0 Å². The van der Waals surface area contributed by atoms with Crippen LogP contribution in [0.5, 0.6) is 0 Å². The van der Waals surface area contributed by atoms with Crippen LogP contribution in [0.1, 0.15) is 10.5 Å². The molecule has 2 heterocycles. The van der Waals surface area contributed by atoms with E-state index in [2.05, 4.69) is 20.3 Å². The standard InChI is InChI=1S/C14H10N4O/c19-14(17-10-4-3-7-15-8-10)13-9-16-11-5-1-2-6-12(11)18-13/h1-9H,(H,17,19). The zero-order chi connectivity index (χ0) is 13.1. The molecule has 0 aliphatic rings. The molecular formula is C14H10N4O. The number of benzene rings is 1. The van der Waals surface area contributed by atoms with Crippen molar-refractivity contribution in [2.75, 3.05) is 5.32 Å². The Balaban J connectivity index is 1.89. The molecule has 0 unspecified atom stereocenters. The van der Waals surface area contributed by atoms with Crippen LogP contribution in [-0.4, -0.2) is 20.9 Å². The average Bonchev–Trinajstić information content (AvgIpc) is 2.48. The molecule has 0 saturated heterocycles. The molecule has 3 rings (SSSR count). The van der Waals surface area contributed by atoms with Gasteiger partial charge in [-0.1, -0.05) is 12.1 Å². The van der Waals surface area contributed by atoms with Gasteiger partial charge in [0.15, 0.2) is 0 Å². The number of hydrogen-bond acceptors (Lipinski definition) is 4. The lowest BCUT2D eigenvalue weighted by Gasteiger charge is -2.04. The molecule has 3 aromatic rings. The predicted octanol–water partition coefficient (Wildman–Crippen LogP) is 2.28. The SMILES string of the molecule is O=C(Nc1cccnc1)c1cnc2ccccc2n1. The van der Waals surface area contributed by atoms with E-state index in [1.165, 1.54) is 6.20 Å². The highest BCUT2D eigenvalue weighted by Crippen LogP contribution is 2.10. The van der Waals surface area contributed by atoms with E-state index in [0.717, 1.165) is 5.52 Å². The fraction of sp³-hybridized carbons (Fsp3) is 0. The van der Waals surface area contributed by atoms with Crippen molar-refractivity contribution < 1.29 is 4.79 Å². The number of fused-ring (bicyclic) bond motifs is 1. The third-order valence-corrected chi connectivity index (χ3v) is 2.60. The molecule has 1 amide bonds. The Bertz CT molecular complexity index is 728. The molecule has 0 spiro atoms. The minimum absolute atomic E-state index is 0.280. The van der Waals surface area contributed by atoms with Gasteiger partial charge in [-0.25, -0.2) is 4.98 Å². The zero-order valence-corrected chi connectivity index (χ0v) is 9.95. The number of aromatic nitrogens is 3. The number of carbonyl (C=O) groups excluding carboxylic acids is 1. The van der Waals surface area contributed by atoms with Crippen LogP contribution < -0.4 is 5.32 Å². The lowest BCUT2D eigenvalue weighted by Crippen LogP contribution is -2.14. The van der Waals surface area contributed by atoms with Crippen LogP contribution in [0.25, 0.3) is 11.0 Å². The summed E-state index contributed by atoms with van der Waals surface area (Å²) in [4.78, 5) is 24.4. The number of nitrogens with one attached hydrogen (secondary N) is 1. The summed E-state index contributed by atoms with van der Waals surface area (Å²) in [5.41, 5.74) is 2.37. The highest BCUT2D eigenvalue weighted by Gasteiger charge is 2.09. The van der Waals surface area contributed by atoms with Crippen molar-refractivity contribution in [3.8, 4) is 0 Å². The number of carbonyl (C=O) groups is 1. The Labute approximate surface area is 109 Å². The van der Waals surface area contributed by atoms with E-state index < -0.39 is 0 Å². The molecule has 0 bridgehead atoms. The van der Waals surface area contributed by atoms with Crippen LogP contribution in [0.2, 0.25) is 0 Å². The average molecular weight is 250 g/mol. The monoisotopic (exact) mass is 250 g/mol. The summed E-state index contributed by atoms with van der Waals surface area (Å²) in [6.45, 7) is 0. The second kappa shape index (κ2) is 4.81. The minimum Gasteiger partial charge on any atom is -0.319 e. The minimum atomic E-state index is -0.300. The van der Waals surface area contributed by atoms with Gasteiger partial charge in [0.25, 0.3) is 5.91 Å². The lowest BCUT2D eigenvalue weighted by molar-refractivity contribution is 0.102. The van der Waals surface area contributed by atoms with Crippen LogP contribution in [0, 0.1) is 0 Å². The molecule has 1 N–H and O–H groups in total. The van der Waals surface area contributed by atoms with E-state index >= 15 is 0 Å². The van der Waals surface area contributed by atoms with Crippen LogP contribution in [-0.2, 0) is 0 Å². The van der Waals surface area contributed by atoms with Gasteiger partial charge in [-0.2, -0.15) is 0 Å². The summed E-state index contributed by atoms with van der Waals surface area (Å²) in [5.74, 6) is -0.300. The van der Waals surface area contributed by atoms with Gasteiger partial charge < -0.3 is 5.32 Å². The molecule has 1 aromatic carbocycles. The predicted molar refractivity (Wildman–Crippen MR) is 71.7 cm³/mol. The fourth-order valence-corrected chi connectivity index (χ4v) is 1.70. The molecular weight excluding hydrogens is 240 g/mol. The van der Waals surface area contributed by atoms with Gasteiger partial charge >= 0.3 is 0 Å². The molecule has 0 radical (unpaired) electrons. The van der Waals surface area contributed by atoms with Crippen molar-refractivity contribution in [2.45, 2.75) is 0 Å². The molecule has 0 atom stereocenters. The molecule has 92 valence electrons. The highest BCUT2D eigenvalue weighted by atomic mass is 16.1. The van der Waals surface area contributed by atoms with E-state index in [1.807, 2.05) is 24.3 Å². The third kappa shape index (κ3) is 2.40. The van der Waals surface area contributed by atoms with Crippen molar-refractivity contribution in [3.05, 3.63) is 60.7 Å². The topological polar surface area (TPSA) is 67.8 Å². The van der Waals surface area contributed by atoms with Crippen molar-refractivity contribution in [1.82, 2.24) is 15.0 Å². The first kappa shape index (κ1) is 11.3. The molecule has 0 saturated carbocycles. The Kier molecular flexibility index (Phi) is 2.86. The largest absolute Gasteiger partial charge is 0.319 e. The highest BCUT2D eigenvalue weighted by molar-refractivity contribution is 6.03. The number of hydrogen-bond donors (Lipinski definition) is 1. The van der Waals surface area contributed by atoms with Crippen molar-refractivity contribution >= 4 is 22.6 Å². The van der Waals surface area contributed by atoms with Crippen LogP contribution in [0.4, 0.5) is 5.69 Å². The van der Waals surface area contributed by atoms with Gasteiger partial charge in [0.05, 0.1) is 29.1 Å². The fourth-order valence-electron chi connectivity index (χ4n) is 1.70. The maximum atomic E-state index is 12.0. The maximum Gasteiger partial charge on any atom is 0.275 e. The van der Waals surface area contributed by atoms with E-state index in [0.29, 0.717) is 11.2 Å². The number of para-hydroxylation sites is 2. The van der Waals surface area contributed by atoms with Gasteiger partial charge in [-0.05, 0) is 24.3 Å². The molecule has 0 aliphatic heterocycles. The number of nitrogens with zero attached hydrogens (tertiary/aromatic N) is 3. The summed E-state index contributed by atoms with van der Waals surface area (Å²) in [7, 11) is 0. The summed E-state index contributed by atoms with van der Waals surface area (Å²) in [5, 5.41) is 2.72. The second-order valence-electron chi connectivity index (χ2n) is 3.94. The van der Waals surface area contributed by atoms with E-state index in [1.54, 1.807) is 24.5 Å². The Morgan fingerprint density at radius 3 is 2.63 bits per heavy atom. The van der Waals surface area contributed by atoms with Gasteiger partial charge in [-0.3, -0.25) is 14.8 Å². The smallest absolute Gasteiger partial charge is 0.275 e. The first-order chi connectivity index (χ1) is 9.33.